The van der Waals surface area contributed by atoms with Gasteiger partial charge in [0.05, 0.1) is 6.61 Å². The van der Waals surface area contributed by atoms with Crippen LogP contribution in [0.4, 0.5) is 0 Å². The molecule has 3 nitrogen and oxygen atoms in total. The van der Waals surface area contributed by atoms with E-state index in [2.05, 4.69) is 35.8 Å². The maximum atomic E-state index is 5.34. The van der Waals surface area contributed by atoms with Crippen molar-refractivity contribution in [3.05, 3.63) is 0 Å². The van der Waals surface area contributed by atoms with E-state index in [0.29, 0.717) is 12.1 Å². The van der Waals surface area contributed by atoms with E-state index in [9.17, 15) is 0 Å². The van der Waals surface area contributed by atoms with Gasteiger partial charge in [-0.2, -0.15) is 11.8 Å². The molecule has 1 aliphatic heterocycles. The quantitative estimate of drug-likeness (QED) is 0.766. The number of methoxy groups -OCH3 is 1. The Morgan fingerprint density at radius 2 is 2.12 bits per heavy atom. The molecule has 0 spiro atoms. The Morgan fingerprint density at radius 1 is 1.31 bits per heavy atom. The standard InChI is InChI=1S/C12H26N2OS/c1-11(2)13-9-12(10-15-3)14-5-4-7-16-8-6-14/h11-13H,4-10H2,1-3H3. The van der Waals surface area contributed by atoms with Crippen molar-refractivity contribution >= 4 is 11.8 Å². The third-order valence-corrected chi connectivity index (χ3v) is 3.94. The lowest BCUT2D eigenvalue weighted by Gasteiger charge is -2.30. The van der Waals surface area contributed by atoms with Crippen LogP contribution in [0, 0.1) is 0 Å². The number of nitrogens with one attached hydrogen (secondary N) is 1. The Hall–Kier alpha value is 0.230. The molecule has 1 rings (SSSR count). The Balaban J connectivity index is 2.39. The molecule has 1 unspecified atom stereocenters. The first-order valence-corrected chi connectivity index (χ1v) is 7.43. The summed E-state index contributed by atoms with van der Waals surface area (Å²) in [5, 5.41) is 3.52. The molecule has 1 saturated heterocycles. The second kappa shape index (κ2) is 8.34. The molecule has 16 heavy (non-hydrogen) atoms. The van der Waals surface area contributed by atoms with E-state index in [1.807, 2.05) is 0 Å². The number of thioether (sulfide) groups is 1. The van der Waals surface area contributed by atoms with Gasteiger partial charge < -0.3 is 10.1 Å². The highest BCUT2D eigenvalue weighted by Gasteiger charge is 2.19. The first-order chi connectivity index (χ1) is 7.74. The lowest BCUT2D eigenvalue weighted by atomic mass is 10.2. The van der Waals surface area contributed by atoms with Crippen molar-refractivity contribution in [1.82, 2.24) is 10.2 Å². The number of hydrogen-bond donors (Lipinski definition) is 1. The summed E-state index contributed by atoms with van der Waals surface area (Å²) in [5.41, 5.74) is 0. The fourth-order valence-corrected chi connectivity index (χ4v) is 2.89. The van der Waals surface area contributed by atoms with Crippen molar-refractivity contribution in [2.24, 2.45) is 0 Å². The van der Waals surface area contributed by atoms with Crippen molar-refractivity contribution in [2.45, 2.75) is 32.4 Å². The molecule has 0 saturated carbocycles. The highest BCUT2D eigenvalue weighted by Crippen LogP contribution is 2.12. The summed E-state index contributed by atoms with van der Waals surface area (Å²) in [7, 11) is 1.80. The SMILES string of the molecule is COCC(CNC(C)C)N1CCCSCC1. The van der Waals surface area contributed by atoms with Crippen LogP contribution in [0.25, 0.3) is 0 Å². The van der Waals surface area contributed by atoms with Gasteiger partial charge in [-0.3, -0.25) is 4.90 Å². The first kappa shape index (κ1) is 14.3. The lowest BCUT2D eigenvalue weighted by molar-refractivity contribution is 0.0929. The summed E-state index contributed by atoms with van der Waals surface area (Å²) >= 11 is 2.08. The second-order valence-electron chi connectivity index (χ2n) is 4.67. The minimum Gasteiger partial charge on any atom is -0.383 e. The first-order valence-electron chi connectivity index (χ1n) is 6.28. The zero-order chi connectivity index (χ0) is 11.8. The van der Waals surface area contributed by atoms with Gasteiger partial charge in [-0.05, 0) is 18.7 Å². The van der Waals surface area contributed by atoms with Gasteiger partial charge in [-0.15, -0.1) is 0 Å². The molecule has 96 valence electrons. The molecule has 0 aliphatic carbocycles. The van der Waals surface area contributed by atoms with Crippen LogP contribution in [-0.4, -0.2) is 61.8 Å². The van der Waals surface area contributed by atoms with Gasteiger partial charge in [0, 0.05) is 38.0 Å². The zero-order valence-electron chi connectivity index (χ0n) is 10.9. The van der Waals surface area contributed by atoms with Crippen molar-refractivity contribution in [2.75, 3.05) is 44.9 Å². The van der Waals surface area contributed by atoms with E-state index in [0.717, 1.165) is 13.2 Å². The van der Waals surface area contributed by atoms with Crippen LogP contribution in [0.5, 0.6) is 0 Å². The molecule has 1 atom stereocenters. The van der Waals surface area contributed by atoms with Crippen LogP contribution in [0.3, 0.4) is 0 Å². The highest BCUT2D eigenvalue weighted by atomic mass is 32.2. The maximum Gasteiger partial charge on any atom is 0.0630 e. The van der Waals surface area contributed by atoms with Crippen molar-refractivity contribution in [3.8, 4) is 0 Å². The number of rotatable bonds is 6. The fraction of sp³-hybridized carbons (Fsp3) is 1.00. The summed E-state index contributed by atoms with van der Waals surface area (Å²) < 4.78 is 5.34. The average Bonchev–Trinajstić information content (AvgIpc) is 2.52. The number of ether oxygens (including phenoxy) is 1. The van der Waals surface area contributed by atoms with E-state index < -0.39 is 0 Å². The Kier molecular flexibility index (Phi) is 7.45. The second-order valence-corrected chi connectivity index (χ2v) is 5.90. The van der Waals surface area contributed by atoms with E-state index in [4.69, 9.17) is 4.74 Å². The predicted molar refractivity (Wildman–Crippen MR) is 72.3 cm³/mol. The summed E-state index contributed by atoms with van der Waals surface area (Å²) in [6.45, 7) is 8.70. The summed E-state index contributed by atoms with van der Waals surface area (Å²) in [6, 6.07) is 1.09. The van der Waals surface area contributed by atoms with Gasteiger partial charge in [0.15, 0.2) is 0 Å². The molecule has 4 heteroatoms. The van der Waals surface area contributed by atoms with Gasteiger partial charge in [0.25, 0.3) is 0 Å². The largest absolute Gasteiger partial charge is 0.383 e. The fourth-order valence-electron chi connectivity index (χ4n) is 1.99. The molecule has 0 amide bonds. The summed E-state index contributed by atoms with van der Waals surface area (Å²) in [6.07, 6.45) is 1.31. The van der Waals surface area contributed by atoms with Gasteiger partial charge in [-0.25, -0.2) is 0 Å². The minimum atomic E-state index is 0.533. The zero-order valence-corrected chi connectivity index (χ0v) is 11.7. The molecule has 0 aromatic carbocycles. The third-order valence-electron chi connectivity index (χ3n) is 2.89. The van der Waals surface area contributed by atoms with Crippen LogP contribution in [0.15, 0.2) is 0 Å². The van der Waals surface area contributed by atoms with Crippen LogP contribution < -0.4 is 5.32 Å². The predicted octanol–water partition coefficient (Wildman–Crippen LogP) is 1.44. The molecular formula is C12H26N2OS. The Morgan fingerprint density at radius 3 is 2.81 bits per heavy atom. The molecule has 1 heterocycles. The smallest absolute Gasteiger partial charge is 0.0630 e. The maximum absolute atomic E-state index is 5.34. The molecule has 1 N–H and O–H groups in total. The highest BCUT2D eigenvalue weighted by molar-refractivity contribution is 7.99. The van der Waals surface area contributed by atoms with Crippen molar-refractivity contribution in [3.63, 3.8) is 0 Å². The summed E-state index contributed by atoms with van der Waals surface area (Å²) in [5.74, 6) is 2.58. The molecule has 1 fully saturated rings. The summed E-state index contributed by atoms with van der Waals surface area (Å²) in [4.78, 5) is 2.58. The van der Waals surface area contributed by atoms with E-state index in [1.54, 1.807) is 7.11 Å². The number of hydrogen-bond acceptors (Lipinski definition) is 4. The van der Waals surface area contributed by atoms with Gasteiger partial charge in [-0.1, -0.05) is 13.8 Å². The third kappa shape index (κ3) is 5.53. The van der Waals surface area contributed by atoms with Crippen molar-refractivity contribution in [1.29, 1.82) is 0 Å². The van der Waals surface area contributed by atoms with E-state index in [-0.39, 0.29) is 0 Å². The molecule has 1 aliphatic rings. The Labute approximate surface area is 104 Å². The van der Waals surface area contributed by atoms with Gasteiger partial charge in [0.2, 0.25) is 0 Å². The van der Waals surface area contributed by atoms with Crippen LogP contribution in [0.1, 0.15) is 20.3 Å². The van der Waals surface area contributed by atoms with E-state index in [1.165, 1.54) is 31.0 Å². The van der Waals surface area contributed by atoms with Crippen LogP contribution >= 0.6 is 11.8 Å². The molecule has 0 aromatic heterocycles. The minimum absolute atomic E-state index is 0.533. The molecular weight excluding hydrogens is 220 g/mol. The molecule has 0 bridgehead atoms. The van der Waals surface area contributed by atoms with Gasteiger partial charge in [0.1, 0.15) is 0 Å². The lowest BCUT2D eigenvalue weighted by Crippen LogP contribution is -2.47. The average molecular weight is 246 g/mol. The normalized spacial score (nSPS) is 21.0. The van der Waals surface area contributed by atoms with Crippen molar-refractivity contribution < 1.29 is 4.74 Å². The van der Waals surface area contributed by atoms with E-state index >= 15 is 0 Å². The Bertz CT molecular complexity index is 170. The van der Waals surface area contributed by atoms with Crippen LogP contribution in [-0.2, 0) is 4.74 Å². The monoisotopic (exact) mass is 246 g/mol. The topological polar surface area (TPSA) is 24.5 Å². The van der Waals surface area contributed by atoms with Gasteiger partial charge >= 0.3 is 0 Å². The molecule has 0 radical (unpaired) electrons. The van der Waals surface area contributed by atoms with Crippen LogP contribution in [0.2, 0.25) is 0 Å². The molecule has 0 aromatic rings. The number of nitrogens with zero attached hydrogens (tertiary/aromatic N) is 1.